The monoisotopic (exact) mass is 130 g/mol. The minimum atomic E-state index is 0.777. The number of hydrogen-bond acceptors (Lipinski definition) is 1. The van der Waals surface area contributed by atoms with Crippen molar-refractivity contribution in [1.29, 1.82) is 5.26 Å². The van der Waals surface area contributed by atoms with Crippen LogP contribution in [0.4, 0.5) is 0 Å². The van der Waals surface area contributed by atoms with Crippen LogP contribution in [0.15, 0.2) is 12.1 Å². The summed E-state index contributed by atoms with van der Waals surface area (Å²) in [5, 5.41) is 8.64. The first-order valence-corrected chi connectivity index (χ1v) is 3.13. The second kappa shape index (κ2) is 2.53. The fourth-order valence-electron chi connectivity index (χ4n) is 0.923. The minimum Gasteiger partial charge on any atom is -0.192 e. The zero-order valence-corrected chi connectivity index (χ0v) is 6.10. The van der Waals surface area contributed by atoms with E-state index in [1.807, 2.05) is 26.0 Å². The zero-order chi connectivity index (χ0) is 7.56. The van der Waals surface area contributed by atoms with Gasteiger partial charge in [-0.05, 0) is 31.0 Å². The Balaban J connectivity index is 3.34. The van der Waals surface area contributed by atoms with Crippen LogP contribution in [-0.2, 0) is 0 Å². The van der Waals surface area contributed by atoms with E-state index in [4.69, 9.17) is 5.26 Å². The molecule has 0 heterocycles. The Labute approximate surface area is 60.9 Å². The van der Waals surface area contributed by atoms with Crippen molar-refractivity contribution in [2.75, 3.05) is 0 Å². The lowest BCUT2D eigenvalue weighted by molar-refractivity contribution is 1.32. The second-order valence-corrected chi connectivity index (χ2v) is 2.31. The molecule has 1 radical (unpaired) electrons. The summed E-state index contributed by atoms with van der Waals surface area (Å²) >= 11 is 0. The molecule has 10 heavy (non-hydrogen) atoms. The highest BCUT2D eigenvalue weighted by Crippen LogP contribution is 2.09. The third-order valence-electron chi connectivity index (χ3n) is 1.50. The number of rotatable bonds is 0. The van der Waals surface area contributed by atoms with Crippen LogP contribution in [0.25, 0.3) is 0 Å². The number of aryl methyl sites for hydroxylation is 2. The Kier molecular flexibility index (Phi) is 1.73. The number of nitriles is 1. The van der Waals surface area contributed by atoms with E-state index in [1.54, 1.807) is 0 Å². The molecule has 0 unspecified atom stereocenters. The van der Waals surface area contributed by atoms with Gasteiger partial charge in [0.25, 0.3) is 0 Å². The van der Waals surface area contributed by atoms with Gasteiger partial charge in [0.2, 0.25) is 0 Å². The first-order chi connectivity index (χ1) is 4.75. The lowest BCUT2D eigenvalue weighted by Gasteiger charge is -1.97. The second-order valence-electron chi connectivity index (χ2n) is 2.31. The van der Waals surface area contributed by atoms with Crippen molar-refractivity contribution < 1.29 is 0 Å². The summed E-state index contributed by atoms with van der Waals surface area (Å²) in [4.78, 5) is 0. The third-order valence-corrected chi connectivity index (χ3v) is 1.50. The number of hydrogen-bond donors (Lipinski definition) is 0. The van der Waals surface area contributed by atoms with Gasteiger partial charge in [0, 0.05) is 0 Å². The van der Waals surface area contributed by atoms with E-state index in [9.17, 15) is 0 Å². The van der Waals surface area contributed by atoms with Crippen LogP contribution in [0.2, 0.25) is 0 Å². The molecule has 1 rings (SSSR count). The predicted molar refractivity (Wildman–Crippen MR) is 39.5 cm³/mol. The SMILES string of the molecule is Cc1c[c]cc(C)c1C#N. The van der Waals surface area contributed by atoms with E-state index in [0.717, 1.165) is 16.7 Å². The standard InChI is InChI=1S/C9H8N/c1-7-4-3-5-8(2)9(7)6-10/h4-5H,1-2H3. The molecule has 0 aromatic heterocycles. The summed E-state index contributed by atoms with van der Waals surface area (Å²) in [6.45, 7) is 3.84. The molecule has 0 aliphatic carbocycles. The fourth-order valence-corrected chi connectivity index (χ4v) is 0.923. The van der Waals surface area contributed by atoms with Gasteiger partial charge in [-0.1, -0.05) is 12.1 Å². The van der Waals surface area contributed by atoms with Crippen LogP contribution in [-0.4, -0.2) is 0 Å². The van der Waals surface area contributed by atoms with Crippen molar-refractivity contribution in [3.05, 3.63) is 34.9 Å². The summed E-state index contributed by atoms with van der Waals surface area (Å²) in [6, 6.07) is 8.75. The van der Waals surface area contributed by atoms with Crippen molar-refractivity contribution >= 4 is 0 Å². The molecule has 0 bridgehead atoms. The molecule has 1 aromatic carbocycles. The molecule has 0 amide bonds. The largest absolute Gasteiger partial charge is 0.192 e. The molecular weight excluding hydrogens is 122 g/mol. The average Bonchev–Trinajstić information content (AvgIpc) is 1.88. The van der Waals surface area contributed by atoms with Crippen molar-refractivity contribution in [2.45, 2.75) is 13.8 Å². The van der Waals surface area contributed by atoms with Crippen LogP contribution in [0.5, 0.6) is 0 Å². The molecule has 49 valence electrons. The van der Waals surface area contributed by atoms with Gasteiger partial charge < -0.3 is 0 Å². The van der Waals surface area contributed by atoms with Crippen LogP contribution in [0.3, 0.4) is 0 Å². The van der Waals surface area contributed by atoms with Gasteiger partial charge in [-0.2, -0.15) is 5.26 Å². The normalized spacial score (nSPS) is 8.90. The van der Waals surface area contributed by atoms with Gasteiger partial charge in [0.05, 0.1) is 11.6 Å². The van der Waals surface area contributed by atoms with Crippen LogP contribution in [0.1, 0.15) is 16.7 Å². The van der Waals surface area contributed by atoms with Crippen molar-refractivity contribution in [1.82, 2.24) is 0 Å². The first kappa shape index (κ1) is 6.82. The Morgan fingerprint density at radius 1 is 1.30 bits per heavy atom. The topological polar surface area (TPSA) is 23.8 Å². The highest BCUT2D eigenvalue weighted by atomic mass is 14.2. The molecule has 1 nitrogen and oxygen atoms in total. The molecule has 1 aromatic rings. The molecule has 0 aliphatic heterocycles. The van der Waals surface area contributed by atoms with Crippen molar-refractivity contribution in [2.24, 2.45) is 0 Å². The van der Waals surface area contributed by atoms with Gasteiger partial charge in [0.15, 0.2) is 0 Å². The van der Waals surface area contributed by atoms with Crippen molar-refractivity contribution in [3.8, 4) is 6.07 Å². The molecule has 0 N–H and O–H groups in total. The van der Waals surface area contributed by atoms with E-state index in [2.05, 4.69) is 12.1 Å². The maximum absolute atomic E-state index is 8.64. The van der Waals surface area contributed by atoms with Gasteiger partial charge in [0.1, 0.15) is 0 Å². The van der Waals surface area contributed by atoms with E-state index in [0.29, 0.717) is 0 Å². The van der Waals surface area contributed by atoms with E-state index >= 15 is 0 Å². The van der Waals surface area contributed by atoms with Gasteiger partial charge in [-0.25, -0.2) is 0 Å². The Morgan fingerprint density at radius 3 is 2.10 bits per heavy atom. The number of nitrogens with zero attached hydrogens (tertiary/aromatic N) is 1. The highest BCUT2D eigenvalue weighted by molar-refractivity contribution is 5.42. The molecule has 0 aliphatic rings. The zero-order valence-electron chi connectivity index (χ0n) is 6.10. The maximum atomic E-state index is 8.64. The van der Waals surface area contributed by atoms with E-state index < -0.39 is 0 Å². The Hall–Kier alpha value is -1.29. The van der Waals surface area contributed by atoms with Gasteiger partial charge >= 0.3 is 0 Å². The third kappa shape index (κ3) is 1.01. The molecule has 0 spiro atoms. The van der Waals surface area contributed by atoms with Crippen molar-refractivity contribution in [3.63, 3.8) is 0 Å². The molecule has 0 atom stereocenters. The maximum Gasteiger partial charge on any atom is 0.0997 e. The molecular formula is C9H8N. The highest BCUT2D eigenvalue weighted by Gasteiger charge is 1.97. The average molecular weight is 130 g/mol. The smallest absolute Gasteiger partial charge is 0.0997 e. The molecule has 1 heteroatoms. The van der Waals surface area contributed by atoms with Gasteiger partial charge in [-0.15, -0.1) is 0 Å². The summed E-state index contributed by atoms with van der Waals surface area (Å²) in [5.41, 5.74) is 2.78. The van der Waals surface area contributed by atoms with Gasteiger partial charge in [-0.3, -0.25) is 0 Å². The van der Waals surface area contributed by atoms with E-state index in [-0.39, 0.29) is 0 Å². The number of benzene rings is 1. The first-order valence-electron chi connectivity index (χ1n) is 3.13. The summed E-state index contributed by atoms with van der Waals surface area (Å²) in [7, 11) is 0. The molecule has 0 saturated heterocycles. The summed E-state index contributed by atoms with van der Waals surface area (Å²) in [6.07, 6.45) is 0. The quantitative estimate of drug-likeness (QED) is 0.526. The van der Waals surface area contributed by atoms with E-state index in [1.165, 1.54) is 0 Å². The lowest BCUT2D eigenvalue weighted by Crippen LogP contribution is -1.85. The Bertz CT molecular complexity index is 261. The summed E-state index contributed by atoms with van der Waals surface area (Å²) < 4.78 is 0. The predicted octanol–water partition coefficient (Wildman–Crippen LogP) is 1.98. The fraction of sp³-hybridized carbons (Fsp3) is 0.222. The summed E-state index contributed by atoms with van der Waals surface area (Å²) in [5.74, 6) is 0. The molecule has 0 saturated carbocycles. The Morgan fingerprint density at radius 2 is 1.80 bits per heavy atom. The van der Waals surface area contributed by atoms with Crippen LogP contribution in [0, 0.1) is 31.2 Å². The van der Waals surface area contributed by atoms with Crippen LogP contribution < -0.4 is 0 Å². The minimum absolute atomic E-state index is 0.777. The van der Waals surface area contributed by atoms with Crippen LogP contribution >= 0.6 is 0 Å². The molecule has 0 fully saturated rings. The lowest BCUT2D eigenvalue weighted by atomic mass is 10.1.